The summed E-state index contributed by atoms with van der Waals surface area (Å²) in [6.45, 7) is 6.19. The number of cyclic esters (lactones) is 1. The average Bonchev–Trinajstić information content (AvgIpc) is 3.41. The second kappa shape index (κ2) is 8.41. The zero-order chi connectivity index (χ0) is 23.1. The molecule has 2 aromatic heterocycles. The van der Waals surface area contributed by atoms with Crippen molar-refractivity contribution in [2.24, 2.45) is 5.73 Å². The van der Waals surface area contributed by atoms with E-state index >= 15 is 0 Å². The largest absolute Gasteiger partial charge is 0.457 e. The van der Waals surface area contributed by atoms with Crippen molar-refractivity contribution < 1.29 is 14.1 Å². The van der Waals surface area contributed by atoms with Crippen LogP contribution in [0.4, 0.5) is 0 Å². The molecule has 2 aliphatic rings. The maximum atomic E-state index is 11.9. The van der Waals surface area contributed by atoms with E-state index in [0.29, 0.717) is 42.3 Å². The van der Waals surface area contributed by atoms with Crippen LogP contribution in [0.5, 0.6) is 0 Å². The van der Waals surface area contributed by atoms with Crippen LogP contribution in [0.15, 0.2) is 35.0 Å². The van der Waals surface area contributed by atoms with E-state index in [9.17, 15) is 4.79 Å². The van der Waals surface area contributed by atoms with Crippen LogP contribution in [0.3, 0.4) is 0 Å². The standard InChI is InChI=1S/C24H24N6O3/c1-13-5-20(27-8-15(13)7-25)22-6-16(29-33-22)9-30-10-21(28-23(26)11-30)17-3-4-18-19(14(17)2)12-32-24(18)31/h3-6,8,21,23,28H,9-12,26H2,1-2H3/t21-,23+/m0/s1. The van der Waals surface area contributed by atoms with Crippen LogP contribution in [-0.4, -0.2) is 40.3 Å². The maximum Gasteiger partial charge on any atom is 0.338 e. The normalized spacial score (nSPS) is 20.4. The monoisotopic (exact) mass is 444 g/mol. The first-order valence-corrected chi connectivity index (χ1v) is 10.8. The Hall–Kier alpha value is -3.58. The summed E-state index contributed by atoms with van der Waals surface area (Å²) >= 11 is 0. The van der Waals surface area contributed by atoms with E-state index in [1.165, 1.54) is 0 Å². The highest BCUT2D eigenvalue weighted by Gasteiger charge is 2.30. The second-order valence-electron chi connectivity index (χ2n) is 8.58. The molecular weight excluding hydrogens is 420 g/mol. The van der Waals surface area contributed by atoms with Crippen molar-refractivity contribution in [1.29, 1.82) is 5.26 Å². The number of nitriles is 1. The number of aromatic nitrogens is 2. The van der Waals surface area contributed by atoms with E-state index in [2.05, 4.69) is 26.4 Å². The Morgan fingerprint density at radius 3 is 2.94 bits per heavy atom. The fraction of sp³-hybridized carbons (Fsp3) is 0.333. The number of esters is 1. The number of nitrogens with two attached hydrogens (primary N) is 1. The number of benzene rings is 1. The summed E-state index contributed by atoms with van der Waals surface area (Å²) in [5.41, 5.74) is 12.9. The minimum absolute atomic E-state index is 0.0176. The fourth-order valence-electron chi connectivity index (χ4n) is 4.58. The summed E-state index contributed by atoms with van der Waals surface area (Å²) in [6, 6.07) is 9.67. The third kappa shape index (κ3) is 4.00. The van der Waals surface area contributed by atoms with Crippen LogP contribution in [0.25, 0.3) is 11.5 Å². The number of piperazine rings is 1. The van der Waals surface area contributed by atoms with Crippen molar-refractivity contribution in [2.75, 3.05) is 13.1 Å². The molecule has 0 spiro atoms. The van der Waals surface area contributed by atoms with Crippen LogP contribution in [-0.2, 0) is 17.9 Å². The first kappa shape index (κ1) is 21.3. The van der Waals surface area contributed by atoms with Gasteiger partial charge in [0.2, 0.25) is 0 Å². The molecule has 0 saturated carbocycles. The summed E-state index contributed by atoms with van der Waals surface area (Å²) in [4.78, 5) is 18.4. The van der Waals surface area contributed by atoms with Gasteiger partial charge in [-0.1, -0.05) is 11.2 Å². The predicted octanol–water partition coefficient (Wildman–Crippen LogP) is 2.33. The lowest BCUT2D eigenvalue weighted by atomic mass is 9.93. The second-order valence-corrected chi connectivity index (χ2v) is 8.58. The quantitative estimate of drug-likeness (QED) is 0.582. The summed E-state index contributed by atoms with van der Waals surface area (Å²) in [5, 5.41) is 16.8. The zero-order valence-electron chi connectivity index (χ0n) is 18.5. The number of carbonyl (C=O) groups excluding carboxylic acids is 1. The van der Waals surface area contributed by atoms with E-state index in [-0.39, 0.29) is 18.2 Å². The molecule has 1 aromatic carbocycles. The summed E-state index contributed by atoms with van der Waals surface area (Å²) in [7, 11) is 0. The first-order chi connectivity index (χ1) is 15.9. The average molecular weight is 444 g/mol. The Morgan fingerprint density at radius 2 is 2.15 bits per heavy atom. The molecule has 0 bridgehead atoms. The van der Waals surface area contributed by atoms with E-state index in [1.807, 2.05) is 38.1 Å². The molecule has 9 heteroatoms. The number of ether oxygens (including phenoxy) is 1. The van der Waals surface area contributed by atoms with Gasteiger partial charge < -0.3 is 15.0 Å². The zero-order valence-corrected chi connectivity index (χ0v) is 18.5. The number of nitrogens with one attached hydrogen (secondary N) is 1. The van der Waals surface area contributed by atoms with Gasteiger partial charge in [-0.25, -0.2) is 4.79 Å². The molecule has 9 nitrogen and oxygen atoms in total. The summed E-state index contributed by atoms with van der Waals surface area (Å²) in [6.07, 6.45) is 1.34. The number of nitrogens with zero attached hydrogens (tertiary/aromatic N) is 4. The number of pyridine rings is 1. The van der Waals surface area contributed by atoms with Gasteiger partial charge >= 0.3 is 5.97 Å². The molecule has 168 valence electrons. The molecule has 0 aliphatic carbocycles. The molecule has 3 N–H and O–H groups in total. The molecule has 1 fully saturated rings. The van der Waals surface area contributed by atoms with Gasteiger partial charge in [0.1, 0.15) is 18.4 Å². The first-order valence-electron chi connectivity index (χ1n) is 10.8. The van der Waals surface area contributed by atoms with E-state index < -0.39 is 0 Å². The summed E-state index contributed by atoms with van der Waals surface area (Å²) < 4.78 is 10.7. The Morgan fingerprint density at radius 1 is 1.30 bits per heavy atom. The van der Waals surface area contributed by atoms with Gasteiger partial charge in [0.15, 0.2) is 5.76 Å². The van der Waals surface area contributed by atoms with Gasteiger partial charge in [-0.15, -0.1) is 0 Å². The lowest BCUT2D eigenvalue weighted by Gasteiger charge is -2.38. The van der Waals surface area contributed by atoms with Crippen LogP contribution in [0.2, 0.25) is 0 Å². The molecular formula is C24H24N6O3. The van der Waals surface area contributed by atoms with Gasteiger partial charge in [-0.3, -0.25) is 15.2 Å². The van der Waals surface area contributed by atoms with Crippen LogP contribution >= 0.6 is 0 Å². The highest BCUT2D eigenvalue weighted by atomic mass is 16.5. The molecule has 0 unspecified atom stereocenters. The highest BCUT2D eigenvalue weighted by molar-refractivity contribution is 5.94. The van der Waals surface area contributed by atoms with Gasteiger partial charge in [0.25, 0.3) is 0 Å². The van der Waals surface area contributed by atoms with Crippen LogP contribution in [0, 0.1) is 25.2 Å². The van der Waals surface area contributed by atoms with Crippen molar-refractivity contribution >= 4 is 5.97 Å². The molecule has 5 rings (SSSR count). The third-order valence-electron chi connectivity index (χ3n) is 6.32. The van der Waals surface area contributed by atoms with Gasteiger partial charge in [0.05, 0.1) is 23.0 Å². The SMILES string of the molecule is Cc1cc(-c2cc(CN3C[C@@H](c4ccc5c(c4C)COC5=O)N[C@@H](N)C3)no2)ncc1C#N. The summed E-state index contributed by atoms with van der Waals surface area (Å²) in [5.74, 6) is 0.302. The molecule has 0 radical (unpaired) electrons. The Labute approximate surface area is 191 Å². The Bertz CT molecular complexity index is 1280. The van der Waals surface area contributed by atoms with Crippen molar-refractivity contribution in [3.05, 3.63) is 69.5 Å². The molecule has 1 saturated heterocycles. The molecule has 33 heavy (non-hydrogen) atoms. The van der Waals surface area contributed by atoms with Gasteiger partial charge in [-0.2, -0.15) is 5.26 Å². The molecule has 0 amide bonds. The van der Waals surface area contributed by atoms with Crippen LogP contribution < -0.4 is 11.1 Å². The third-order valence-corrected chi connectivity index (χ3v) is 6.32. The predicted molar refractivity (Wildman–Crippen MR) is 119 cm³/mol. The smallest absolute Gasteiger partial charge is 0.338 e. The highest BCUT2D eigenvalue weighted by Crippen LogP contribution is 2.31. The molecule has 4 heterocycles. The van der Waals surface area contributed by atoms with Crippen LogP contribution in [0.1, 0.15) is 49.9 Å². The van der Waals surface area contributed by atoms with Gasteiger partial charge in [0, 0.05) is 43.5 Å². The number of rotatable bonds is 4. The topological polar surface area (TPSA) is 130 Å². The van der Waals surface area contributed by atoms with Crippen molar-refractivity contribution in [2.45, 2.75) is 39.2 Å². The van der Waals surface area contributed by atoms with E-state index in [4.69, 9.17) is 20.3 Å². The maximum absolute atomic E-state index is 11.9. The van der Waals surface area contributed by atoms with Gasteiger partial charge in [-0.05, 0) is 42.7 Å². The minimum Gasteiger partial charge on any atom is -0.457 e. The lowest BCUT2D eigenvalue weighted by Crippen LogP contribution is -2.56. The number of hydrogen-bond acceptors (Lipinski definition) is 9. The number of carbonyl (C=O) groups is 1. The number of fused-ring (bicyclic) bond motifs is 1. The van der Waals surface area contributed by atoms with Crippen molar-refractivity contribution in [3.8, 4) is 17.5 Å². The molecule has 2 aliphatic heterocycles. The fourth-order valence-corrected chi connectivity index (χ4v) is 4.58. The number of hydrogen-bond donors (Lipinski definition) is 2. The Balaban J connectivity index is 1.33. The Kier molecular flexibility index (Phi) is 5.42. The van der Waals surface area contributed by atoms with E-state index in [0.717, 1.165) is 34.5 Å². The molecule has 2 atom stereocenters. The lowest BCUT2D eigenvalue weighted by molar-refractivity contribution is 0.0535. The minimum atomic E-state index is -0.261. The van der Waals surface area contributed by atoms with Crippen molar-refractivity contribution in [3.63, 3.8) is 0 Å². The number of aryl methyl sites for hydroxylation is 1. The molecule has 3 aromatic rings. The van der Waals surface area contributed by atoms with Crippen molar-refractivity contribution in [1.82, 2.24) is 20.4 Å². The van der Waals surface area contributed by atoms with E-state index in [1.54, 1.807) is 6.20 Å².